The number of rotatable bonds is 4. The summed E-state index contributed by atoms with van der Waals surface area (Å²) in [5.74, 6) is -3.28. The van der Waals surface area contributed by atoms with Gasteiger partial charge in [-0.1, -0.05) is 18.2 Å². The van der Waals surface area contributed by atoms with Crippen molar-refractivity contribution in [1.29, 1.82) is 0 Å². The molecular weight excluding hydrogens is 423 g/mol. The number of fused-ring (bicyclic) bond motifs is 1. The molecule has 0 aliphatic carbocycles. The molecule has 0 fully saturated rings. The van der Waals surface area contributed by atoms with E-state index in [0.29, 0.717) is 4.90 Å². The molecule has 9 nitrogen and oxygen atoms in total. The van der Waals surface area contributed by atoms with Crippen LogP contribution in [0.25, 0.3) is 0 Å². The second kappa shape index (κ2) is 8.42. The van der Waals surface area contributed by atoms with Crippen LogP contribution in [0.2, 0.25) is 0 Å². The molecule has 2 aromatic carbocycles. The van der Waals surface area contributed by atoms with Gasteiger partial charge in [0, 0.05) is 12.1 Å². The van der Waals surface area contributed by atoms with Gasteiger partial charge in [-0.3, -0.25) is 24.6 Å². The Labute approximate surface area is 172 Å². The summed E-state index contributed by atoms with van der Waals surface area (Å²) in [5.41, 5.74) is -0.851. The van der Waals surface area contributed by atoms with Crippen molar-refractivity contribution in [2.24, 2.45) is 0 Å². The lowest BCUT2D eigenvalue weighted by molar-refractivity contribution is -0.384. The van der Waals surface area contributed by atoms with E-state index in [4.69, 9.17) is 4.74 Å². The Balaban J connectivity index is 1.86. The number of anilines is 2. The van der Waals surface area contributed by atoms with Crippen LogP contribution in [0.15, 0.2) is 48.5 Å². The van der Waals surface area contributed by atoms with Gasteiger partial charge in [0.2, 0.25) is 5.91 Å². The summed E-state index contributed by atoms with van der Waals surface area (Å²) in [6.07, 6.45) is -5.97. The first-order valence-electron chi connectivity index (χ1n) is 8.77. The molecule has 1 aliphatic heterocycles. The number of benzene rings is 2. The zero-order chi connectivity index (χ0) is 22.8. The maximum Gasteiger partial charge on any atom is 0.409 e. The Morgan fingerprint density at radius 3 is 2.58 bits per heavy atom. The monoisotopic (exact) mass is 437 g/mol. The number of carbonyl (C=O) groups is 3. The van der Waals surface area contributed by atoms with Crippen LogP contribution < -0.4 is 10.2 Å². The second-order valence-electron chi connectivity index (χ2n) is 6.47. The number of nitro groups is 1. The fourth-order valence-corrected chi connectivity index (χ4v) is 3.02. The third-order valence-corrected chi connectivity index (χ3v) is 4.39. The third kappa shape index (κ3) is 4.79. The Morgan fingerprint density at radius 1 is 1.19 bits per heavy atom. The first-order valence-corrected chi connectivity index (χ1v) is 8.77. The molecule has 1 unspecified atom stereocenters. The highest BCUT2D eigenvalue weighted by Gasteiger charge is 2.49. The normalized spacial score (nSPS) is 16.0. The highest BCUT2D eigenvalue weighted by Crippen LogP contribution is 2.37. The molecule has 0 bridgehead atoms. The van der Waals surface area contributed by atoms with Crippen LogP contribution >= 0.6 is 0 Å². The summed E-state index contributed by atoms with van der Waals surface area (Å²) < 4.78 is 45.7. The van der Waals surface area contributed by atoms with E-state index < -0.39 is 53.6 Å². The molecule has 2 aromatic rings. The molecule has 162 valence electrons. The summed E-state index contributed by atoms with van der Waals surface area (Å²) in [6, 6.07) is 7.41. The van der Waals surface area contributed by atoms with Crippen molar-refractivity contribution in [3.63, 3.8) is 0 Å². The summed E-state index contributed by atoms with van der Waals surface area (Å²) in [5, 5.41) is 13.1. The van der Waals surface area contributed by atoms with Crippen molar-refractivity contribution in [3.8, 4) is 0 Å². The Morgan fingerprint density at radius 2 is 1.90 bits per heavy atom. The van der Waals surface area contributed by atoms with Gasteiger partial charge in [0.25, 0.3) is 11.6 Å². The van der Waals surface area contributed by atoms with Crippen molar-refractivity contribution in [1.82, 2.24) is 0 Å². The van der Waals surface area contributed by atoms with Crippen molar-refractivity contribution >= 4 is 34.8 Å². The highest BCUT2D eigenvalue weighted by molar-refractivity contribution is 6.05. The predicted molar refractivity (Wildman–Crippen MR) is 100 cm³/mol. The highest BCUT2D eigenvalue weighted by atomic mass is 19.4. The summed E-state index contributed by atoms with van der Waals surface area (Å²) >= 11 is 0. The fourth-order valence-electron chi connectivity index (χ4n) is 3.02. The molecule has 12 heteroatoms. The Kier molecular flexibility index (Phi) is 5.90. The van der Waals surface area contributed by atoms with E-state index in [1.807, 2.05) is 0 Å². The van der Waals surface area contributed by atoms with Crippen LogP contribution in [0.4, 0.5) is 30.2 Å². The summed E-state index contributed by atoms with van der Waals surface area (Å²) in [4.78, 5) is 47.2. The van der Waals surface area contributed by atoms with Crippen LogP contribution in [0, 0.1) is 10.1 Å². The van der Waals surface area contributed by atoms with Crippen LogP contribution in [-0.2, 0) is 14.3 Å². The Hall–Kier alpha value is -3.96. The number of para-hydroxylation sites is 2. The zero-order valence-electron chi connectivity index (χ0n) is 15.6. The number of ether oxygens (including phenoxy) is 1. The van der Waals surface area contributed by atoms with E-state index in [9.17, 15) is 37.7 Å². The fraction of sp³-hybridized carbons (Fsp3) is 0.211. The number of halogens is 3. The van der Waals surface area contributed by atoms with Crippen molar-refractivity contribution in [3.05, 3.63) is 64.2 Å². The van der Waals surface area contributed by atoms with E-state index >= 15 is 0 Å². The molecule has 0 aromatic heterocycles. The third-order valence-electron chi connectivity index (χ3n) is 4.39. The maximum atomic E-state index is 13.6. The molecule has 1 aliphatic rings. The van der Waals surface area contributed by atoms with Crippen LogP contribution in [-0.4, -0.2) is 41.5 Å². The molecule has 1 atom stereocenters. The van der Waals surface area contributed by atoms with Gasteiger partial charge in [0.15, 0.2) is 6.61 Å². The molecule has 0 radical (unpaired) electrons. The standard InChI is InChI=1S/C19H14F3N3O6/c20-19(21,22)15-9-16(26)23-13-6-1-2-7-14(13)24(15)17(27)10-31-18(28)11-4-3-5-12(8-11)25(29)30/h1-8,15H,9-10H2,(H,23,26). The van der Waals surface area contributed by atoms with E-state index in [1.165, 1.54) is 36.4 Å². The zero-order valence-corrected chi connectivity index (χ0v) is 15.6. The van der Waals surface area contributed by atoms with Crippen LogP contribution in [0.1, 0.15) is 16.8 Å². The quantitative estimate of drug-likeness (QED) is 0.446. The maximum absolute atomic E-state index is 13.6. The SMILES string of the molecule is O=C1CC(C(F)(F)F)N(C(=O)COC(=O)c2cccc([N+](=O)[O-])c2)c2ccccc2N1. The lowest BCUT2D eigenvalue weighted by atomic mass is 10.1. The molecule has 1 heterocycles. The van der Waals surface area contributed by atoms with Gasteiger partial charge in [-0.15, -0.1) is 0 Å². The number of alkyl halides is 3. The summed E-state index contributed by atoms with van der Waals surface area (Å²) in [7, 11) is 0. The average molecular weight is 437 g/mol. The smallest absolute Gasteiger partial charge is 0.409 e. The molecule has 0 spiro atoms. The first kappa shape index (κ1) is 21.7. The van der Waals surface area contributed by atoms with Gasteiger partial charge in [0.05, 0.1) is 28.3 Å². The van der Waals surface area contributed by atoms with Gasteiger partial charge in [-0.05, 0) is 18.2 Å². The number of nitrogens with one attached hydrogen (secondary N) is 1. The number of amides is 2. The molecule has 3 rings (SSSR count). The minimum absolute atomic E-state index is 0.00221. The molecule has 0 saturated carbocycles. The summed E-state index contributed by atoms with van der Waals surface area (Å²) in [6.45, 7) is -1.07. The first-order chi connectivity index (χ1) is 14.6. The van der Waals surface area contributed by atoms with E-state index in [0.717, 1.165) is 12.1 Å². The van der Waals surface area contributed by atoms with Gasteiger partial charge in [-0.2, -0.15) is 13.2 Å². The van der Waals surface area contributed by atoms with Crippen LogP contribution in [0.5, 0.6) is 0 Å². The van der Waals surface area contributed by atoms with Crippen molar-refractivity contribution < 1.29 is 37.2 Å². The van der Waals surface area contributed by atoms with E-state index in [2.05, 4.69) is 5.32 Å². The van der Waals surface area contributed by atoms with Gasteiger partial charge in [-0.25, -0.2) is 4.79 Å². The minimum Gasteiger partial charge on any atom is -0.452 e. The van der Waals surface area contributed by atoms with Gasteiger partial charge < -0.3 is 10.1 Å². The van der Waals surface area contributed by atoms with Crippen molar-refractivity contribution in [2.75, 3.05) is 16.8 Å². The molecule has 31 heavy (non-hydrogen) atoms. The number of hydrogen-bond acceptors (Lipinski definition) is 6. The lowest BCUT2D eigenvalue weighted by Crippen LogP contribution is -2.51. The van der Waals surface area contributed by atoms with Gasteiger partial charge in [0.1, 0.15) is 6.04 Å². The van der Waals surface area contributed by atoms with E-state index in [-0.39, 0.29) is 16.9 Å². The number of carbonyl (C=O) groups excluding carboxylic acids is 3. The van der Waals surface area contributed by atoms with Crippen LogP contribution in [0.3, 0.4) is 0 Å². The largest absolute Gasteiger partial charge is 0.452 e. The predicted octanol–water partition coefficient (Wildman–Crippen LogP) is 3.06. The minimum atomic E-state index is -4.94. The number of hydrogen-bond donors (Lipinski definition) is 1. The molecular formula is C19H14F3N3O6. The van der Waals surface area contributed by atoms with Crippen molar-refractivity contribution in [2.45, 2.75) is 18.6 Å². The number of esters is 1. The molecule has 2 amide bonds. The van der Waals surface area contributed by atoms with Gasteiger partial charge >= 0.3 is 12.1 Å². The average Bonchev–Trinajstić information content (AvgIpc) is 2.87. The van der Waals surface area contributed by atoms with E-state index in [1.54, 1.807) is 0 Å². The molecule has 0 saturated heterocycles. The second-order valence-corrected chi connectivity index (χ2v) is 6.47. The number of nitrogens with zero attached hydrogens (tertiary/aromatic N) is 2. The number of nitro benzene ring substituents is 1. The lowest BCUT2D eigenvalue weighted by Gasteiger charge is -2.31. The molecule has 1 N–H and O–H groups in total. The Bertz CT molecular complexity index is 1060. The number of non-ortho nitro benzene ring substituents is 1. The topological polar surface area (TPSA) is 119 Å².